The van der Waals surface area contributed by atoms with Gasteiger partial charge in [0, 0.05) is 24.2 Å². The molecule has 3 nitrogen and oxygen atoms in total. The summed E-state index contributed by atoms with van der Waals surface area (Å²) in [6, 6.07) is 3.94. The van der Waals surface area contributed by atoms with Crippen molar-refractivity contribution in [2.75, 3.05) is 0 Å². The topological polar surface area (TPSA) is 56.0 Å². The molecule has 0 spiro atoms. The van der Waals surface area contributed by atoms with Crippen LogP contribution in [0.25, 0.3) is 0 Å². The van der Waals surface area contributed by atoms with Crippen molar-refractivity contribution in [3.8, 4) is 0 Å². The molecule has 0 bridgehead atoms. The van der Waals surface area contributed by atoms with E-state index in [1.54, 1.807) is 12.4 Å². The van der Waals surface area contributed by atoms with Crippen molar-refractivity contribution in [1.82, 2.24) is 4.98 Å². The number of halogens is 1. The van der Waals surface area contributed by atoms with Crippen LogP contribution < -0.4 is 5.73 Å². The lowest BCUT2D eigenvalue weighted by molar-refractivity contribution is -0.118. The van der Waals surface area contributed by atoms with E-state index in [9.17, 15) is 4.79 Å². The Morgan fingerprint density at radius 1 is 1.43 bits per heavy atom. The van der Waals surface area contributed by atoms with Crippen LogP contribution in [0.15, 0.2) is 24.5 Å². The van der Waals surface area contributed by atoms with Gasteiger partial charge < -0.3 is 5.73 Å². The third-order valence-electron chi connectivity index (χ3n) is 2.66. The van der Waals surface area contributed by atoms with Crippen molar-refractivity contribution in [3.63, 3.8) is 0 Å². The number of carbonyl (C=O) groups excluding carboxylic acids is 1. The smallest absolute Gasteiger partial charge is 0.218 e. The molecule has 14 heavy (non-hydrogen) atoms. The first-order valence-corrected chi connectivity index (χ1v) is 4.42. The maximum absolute atomic E-state index is 10.8. The van der Waals surface area contributed by atoms with E-state index < -0.39 is 0 Å². The summed E-state index contributed by atoms with van der Waals surface area (Å²) in [6.07, 6.45) is 6.13. The van der Waals surface area contributed by atoms with E-state index >= 15 is 0 Å². The van der Waals surface area contributed by atoms with E-state index in [0.29, 0.717) is 6.42 Å². The Morgan fingerprint density at radius 2 is 2.00 bits per heavy atom. The van der Waals surface area contributed by atoms with Crippen molar-refractivity contribution in [2.45, 2.75) is 24.7 Å². The molecule has 1 saturated carbocycles. The summed E-state index contributed by atoms with van der Waals surface area (Å²) in [6.45, 7) is 0. The maximum Gasteiger partial charge on any atom is 0.218 e. The number of hydrogen-bond donors (Lipinski definition) is 1. The fraction of sp³-hybridized carbons (Fsp3) is 0.400. The average Bonchev–Trinajstić information content (AvgIpc) is 2.86. The molecular formula is C10H13ClN2O. The number of hydrogen-bond acceptors (Lipinski definition) is 2. The van der Waals surface area contributed by atoms with Crippen LogP contribution >= 0.6 is 12.4 Å². The molecule has 1 heterocycles. The number of aromatic nitrogens is 1. The molecule has 0 atom stereocenters. The third-order valence-corrected chi connectivity index (χ3v) is 2.66. The minimum atomic E-state index is -0.214. The van der Waals surface area contributed by atoms with Crippen LogP contribution in [0.3, 0.4) is 0 Å². The number of rotatable bonds is 3. The molecule has 0 aliphatic heterocycles. The first-order valence-electron chi connectivity index (χ1n) is 4.42. The van der Waals surface area contributed by atoms with Crippen molar-refractivity contribution < 1.29 is 4.79 Å². The second-order valence-corrected chi connectivity index (χ2v) is 3.66. The third kappa shape index (κ3) is 2.04. The summed E-state index contributed by atoms with van der Waals surface area (Å²) in [7, 11) is 0. The molecule has 1 aliphatic carbocycles. The second-order valence-electron chi connectivity index (χ2n) is 3.66. The lowest BCUT2D eigenvalue weighted by atomic mass is 9.93. The van der Waals surface area contributed by atoms with Gasteiger partial charge in [-0.25, -0.2) is 0 Å². The number of amides is 1. The van der Waals surface area contributed by atoms with E-state index in [4.69, 9.17) is 5.73 Å². The molecule has 1 amide bonds. The van der Waals surface area contributed by atoms with Crippen LogP contribution in [0.4, 0.5) is 0 Å². The molecular weight excluding hydrogens is 200 g/mol. The molecule has 0 radical (unpaired) electrons. The SMILES string of the molecule is Cl.NC(=O)CC1(c2ccncc2)CC1. The lowest BCUT2D eigenvalue weighted by Gasteiger charge is -2.12. The molecule has 2 rings (SSSR count). The number of nitrogens with zero attached hydrogens (tertiary/aromatic N) is 1. The highest BCUT2D eigenvalue weighted by Gasteiger charge is 2.45. The zero-order valence-electron chi connectivity index (χ0n) is 7.77. The monoisotopic (exact) mass is 212 g/mol. The highest BCUT2D eigenvalue weighted by Crippen LogP contribution is 2.50. The standard InChI is InChI=1S/C10H12N2O.ClH/c11-9(13)7-10(3-4-10)8-1-5-12-6-2-8;/h1-2,5-6H,3-4,7H2,(H2,11,13);1H. The van der Waals surface area contributed by atoms with Gasteiger partial charge in [0.1, 0.15) is 0 Å². The van der Waals surface area contributed by atoms with Gasteiger partial charge in [-0.05, 0) is 30.5 Å². The summed E-state index contributed by atoms with van der Waals surface area (Å²) in [5, 5.41) is 0. The molecule has 1 fully saturated rings. The fourth-order valence-corrected chi connectivity index (χ4v) is 1.76. The predicted octanol–water partition coefficient (Wildman–Crippen LogP) is 1.41. The summed E-state index contributed by atoms with van der Waals surface area (Å²) < 4.78 is 0. The highest BCUT2D eigenvalue weighted by molar-refractivity contribution is 5.85. The first-order chi connectivity index (χ1) is 6.23. The first kappa shape index (κ1) is 11.0. The highest BCUT2D eigenvalue weighted by atomic mass is 35.5. The van der Waals surface area contributed by atoms with Crippen molar-refractivity contribution >= 4 is 18.3 Å². The molecule has 0 unspecified atom stereocenters. The van der Waals surface area contributed by atoms with Gasteiger partial charge in [-0.2, -0.15) is 0 Å². The van der Waals surface area contributed by atoms with Crippen molar-refractivity contribution in [2.24, 2.45) is 5.73 Å². The molecule has 0 saturated heterocycles. The Labute approximate surface area is 89.1 Å². The van der Waals surface area contributed by atoms with Crippen LogP contribution in [-0.4, -0.2) is 10.9 Å². The molecule has 2 N–H and O–H groups in total. The zero-order valence-corrected chi connectivity index (χ0v) is 8.59. The van der Waals surface area contributed by atoms with Gasteiger partial charge in [-0.1, -0.05) is 0 Å². The minimum Gasteiger partial charge on any atom is -0.370 e. The van der Waals surface area contributed by atoms with Crippen LogP contribution in [0.2, 0.25) is 0 Å². The van der Waals surface area contributed by atoms with Crippen LogP contribution in [0.1, 0.15) is 24.8 Å². The predicted molar refractivity (Wildman–Crippen MR) is 56.2 cm³/mol. The van der Waals surface area contributed by atoms with Crippen molar-refractivity contribution in [3.05, 3.63) is 30.1 Å². The van der Waals surface area contributed by atoms with Gasteiger partial charge >= 0.3 is 0 Å². The van der Waals surface area contributed by atoms with E-state index in [-0.39, 0.29) is 23.7 Å². The van der Waals surface area contributed by atoms with Gasteiger partial charge in [0.05, 0.1) is 0 Å². The average molecular weight is 213 g/mol. The molecule has 1 aromatic rings. The van der Waals surface area contributed by atoms with Gasteiger partial charge in [-0.15, -0.1) is 12.4 Å². The molecule has 1 aliphatic rings. The van der Waals surface area contributed by atoms with E-state index in [1.807, 2.05) is 12.1 Å². The molecule has 1 aromatic heterocycles. The largest absolute Gasteiger partial charge is 0.370 e. The van der Waals surface area contributed by atoms with Crippen LogP contribution in [0, 0.1) is 0 Å². The molecule has 4 heteroatoms. The van der Waals surface area contributed by atoms with E-state index in [0.717, 1.165) is 12.8 Å². The van der Waals surface area contributed by atoms with Crippen LogP contribution in [0.5, 0.6) is 0 Å². The summed E-state index contributed by atoms with van der Waals surface area (Å²) >= 11 is 0. The van der Waals surface area contributed by atoms with Gasteiger partial charge in [-0.3, -0.25) is 9.78 Å². The normalized spacial score (nSPS) is 16.9. The lowest BCUT2D eigenvalue weighted by Crippen LogP contribution is -2.19. The number of carbonyl (C=O) groups is 1. The minimum absolute atomic E-state index is 0. The molecule has 76 valence electrons. The quantitative estimate of drug-likeness (QED) is 0.824. The Balaban J connectivity index is 0.000000980. The fourth-order valence-electron chi connectivity index (χ4n) is 1.76. The second kappa shape index (κ2) is 3.96. The number of primary amides is 1. The summed E-state index contributed by atoms with van der Waals surface area (Å²) in [5.74, 6) is -0.214. The van der Waals surface area contributed by atoms with Crippen LogP contribution in [-0.2, 0) is 10.2 Å². The Hall–Kier alpha value is -1.09. The Kier molecular flexibility index (Phi) is 3.11. The van der Waals surface area contributed by atoms with Gasteiger partial charge in [0.25, 0.3) is 0 Å². The Bertz CT molecular complexity index is 322. The summed E-state index contributed by atoms with van der Waals surface area (Å²) in [4.78, 5) is 14.8. The number of nitrogens with two attached hydrogens (primary N) is 1. The maximum atomic E-state index is 10.8. The summed E-state index contributed by atoms with van der Waals surface area (Å²) in [5.41, 5.74) is 6.45. The number of pyridine rings is 1. The zero-order chi connectivity index (χ0) is 9.31. The van der Waals surface area contributed by atoms with E-state index in [1.165, 1.54) is 5.56 Å². The van der Waals surface area contributed by atoms with Gasteiger partial charge in [0.2, 0.25) is 5.91 Å². The van der Waals surface area contributed by atoms with E-state index in [2.05, 4.69) is 4.98 Å². The van der Waals surface area contributed by atoms with Gasteiger partial charge in [0.15, 0.2) is 0 Å². The van der Waals surface area contributed by atoms with Crippen molar-refractivity contribution in [1.29, 1.82) is 0 Å². The Morgan fingerprint density at radius 3 is 2.43 bits per heavy atom. The molecule has 0 aromatic carbocycles.